The molecule has 5 atom stereocenters. The van der Waals surface area contributed by atoms with Crippen LogP contribution in [0.4, 0.5) is 0 Å². The second-order valence-electron chi connectivity index (χ2n) is 12.4. The van der Waals surface area contributed by atoms with E-state index in [1.807, 2.05) is 0 Å². The molecule has 0 radical (unpaired) electrons. The van der Waals surface area contributed by atoms with E-state index in [1.54, 1.807) is 11.1 Å². The molecule has 4 saturated carbocycles. The second-order valence-corrected chi connectivity index (χ2v) is 12.4. The molecule has 168 valence electrons. The Kier molecular flexibility index (Phi) is 6.96. The Balaban J connectivity index is 0.000000128. The zero-order chi connectivity index (χ0) is 22.3. The fourth-order valence-corrected chi connectivity index (χ4v) is 6.80. The van der Waals surface area contributed by atoms with E-state index in [-0.39, 0.29) is 0 Å². The van der Waals surface area contributed by atoms with E-state index in [0.29, 0.717) is 10.8 Å². The third-order valence-corrected chi connectivity index (χ3v) is 9.86. The highest BCUT2D eigenvalue weighted by atomic mass is 14.6. The van der Waals surface area contributed by atoms with Gasteiger partial charge in [-0.3, -0.25) is 0 Å². The van der Waals surface area contributed by atoms with E-state index >= 15 is 0 Å². The van der Waals surface area contributed by atoms with Crippen molar-refractivity contribution in [1.82, 2.24) is 0 Å². The minimum Gasteiger partial charge on any atom is -0.0998 e. The summed E-state index contributed by atoms with van der Waals surface area (Å²) in [6.45, 7) is 24.4. The number of hydrogen-bond donors (Lipinski definition) is 0. The van der Waals surface area contributed by atoms with Gasteiger partial charge in [-0.25, -0.2) is 0 Å². The Morgan fingerprint density at radius 2 is 1.50 bits per heavy atom. The van der Waals surface area contributed by atoms with Crippen LogP contribution in [0.5, 0.6) is 0 Å². The van der Waals surface area contributed by atoms with Gasteiger partial charge in [0.25, 0.3) is 0 Å². The summed E-state index contributed by atoms with van der Waals surface area (Å²) in [7, 11) is 0. The van der Waals surface area contributed by atoms with E-state index in [9.17, 15) is 0 Å². The molecule has 4 unspecified atom stereocenters. The second kappa shape index (κ2) is 8.84. The van der Waals surface area contributed by atoms with E-state index in [1.165, 1.54) is 62.5 Å². The highest BCUT2D eigenvalue weighted by molar-refractivity contribution is 5.21. The van der Waals surface area contributed by atoms with E-state index in [2.05, 4.69) is 73.8 Å². The number of allylic oxidation sites excluding steroid dienone is 6. The van der Waals surface area contributed by atoms with Crippen molar-refractivity contribution in [3.05, 3.63) is 47.6 Å². The lowest BCUT2D eigenvalue weighted by molar-refractivity contribution is -0.0273. The van der Waals surface area contributed by atoms with Crippen molar-refractivity contribution in [2.45, 2.75) is 99.8 Å². The van der Waals surface area contributed by atoms with Crippen molar-refractivity contribution in [2.75, 3.05) is 0 Å². The van der Waals surface area contributed by atoms with Crippen LogP contribution >= 0.6 is 0 Å². The summed E-state index contributed by atoms with van der Waals surface area (Å²) in [4.78, 5) is 0. The Labute approximate surface area is 188 Å². The SMILES string of the molecule is C=C(C)[C@H]1CC=C(C)CC1.C=C1CCC2CC1C2(C)C.CC1=CCC2CC1C2(C)C. The molecule has 0 saturated heterocycles. The molecule has 0 heteroatoms. The van der Waals surface area contributed by atoms with E-state index < -0.39 is 0 Å². The molecule has 0 aromatic heterocycles. The van der Waals surface area contributed by atoms with E-state index in [0.717, 1.165) is 29.6 Å². The van der Waals surface area contributed by atoms with Crippen molar-refractivity contribution in [1.29, 1.82) is 0 Å². The molecule has 4 bridgehead atoms. The smallest absolute Gasteiger partial charge is 0.0149 e. The van der Waals surface area contributed by atoms with Crippen LogP contribution in [0.15, 0.2) is 47.6 Å². The van der Waals surface area contributed by atoms with Crippen LogP contribution in [0.3, 0.4) is 0 Å². The van der Waals surface area contributed by atoms with Gasteiger partial charge in [-0.15, -0.1) is 0 Å². The highest BCUT2D eigenvalue weighted by Crippen LogP contribution is 2.60. The third-order valence-electron chi connectivity index (χ3n) is 9.86. The van der Waals surface area contributed by atoms with Crippen LogP contribution in [0.25, 0.3) is 0 Å². The van der Waals surface area contributed by atoms with Crippen LogP contribution in [-0.2, 0) is 0 Å². The van der Waals surface area contributed by atoms with Gasteiger partial charge in [0.15, 0.2) is 0 Å². The van der Waals surface area contributed by atoms with Gasteiger partial charge in [-0.1, -0.05) is 75.3 Å². The average Bonchev–Trinajstić information content (AvgIpc) is 2.68. The maximum atomic E-state index is 4.13. The molecule has 0 aromatic rings. The Bertz CT molecular complexity index is 721. The molecule has 0 aliphatic heterocycles. The maximum absolute atomic E-state index is 4.13. The van der Waals surface area contributed by atoms with Gasteiger partial charge in [-0.2, -0.15) is 0 Å². The van der Waals surface area contributed by atoms with Gasteiger partial charge < -0.3 is 0 Å². The number of hydrogen-bond acceptors (Lipinski definition) is 0. The van der Waals surface area contributed by atoms with E-state index in [4.69, 9.17) is 0 Å². The first kappa shape index (κ1) is 23.6. The van der Waals surface area contributed by atoms with Crippen molar-refractivity contribution >= 4 is 0 Å². The molecule has 0 N–H and O–H groups in total. The van der Waals surface area contributed by atoms with Gasteiger partial charge in [0.1, 0.15) is 0 Å². The van der Waals surface area contributed by atoms with Crippen LogP contribution < -0.4 is 0 Å². The molecular formula is C30H48. The summed E-state index contributed by atoms with van der Waals surface area (Å²) < 4.78 is 0. The van der Waals surface area contributed by atoms with Crippen LogP contribution in [0.1, 0.15) is 99.8 Å². The summed E-state index contributed by atoms with van der Waals surface area (Å²) >= 11 is 0. The quantitative estimate of drug-likeness (QED) is 0.379. The minimum absolute atomic E-state index is 0.606. The monoisotopic (exact) mass is 408 g/mol. The van der Waals surface area contributed by atoms with Gasteiger partial charge in [0, 0.05) is 0 Å². The molecule has 0 aromatic carbocycles. The lowest BCUT2D eigenvalue weighted by Crippen LogP contribution is -2.48. The van der Waals surface area contributed by atoms with Gasteiger partial charge in [0.05, 0.1) is 0 Å². The molecule has 0 spiro atoms. The largest absolute Gasteiger partial charge is 0.0998 e. The molecule has 30 heavy (non-hydrogen) atoms. The highest BCUT2D eigenvalue weighted by Gasteiger charge is 2.51. The Morgan fingerprint density at radius 3 is 1.83 bits per heavy atom. The molecule has 0 amide bonds. The Hall–Kier alpha value is -1.04. The molecular weight excluding hydrogens is 360 g/mol. The summed E-state index contributed by atoms with van der Waals surface area (Å²) in [6, 6.07) is 0. The lowest BCUT2D eigenvalue weighted by Gasteiger charge is -2.57. The lowest BCUT2D eigenvalue weighted by atomic mass is 9.47. The third kappa shape index (κ3) is 4.58. The minimum atomic E-state index is 0.606. The standard InChI is InChI=1S/3C10H16/c2*1-7-4-5-8-6-9(7)10(8,2)3;1-8(2)10-6-4-9(3)5-7-10/h4,8-9H,5-6H2,1-3H3;8-9H,1,4-6H2,2-3H3;4,10H,1,5-7H2,2-3H3/t;;10-/m..0/s1. The van der Waals surface area contributed by atoms with Crippen LogP contribution in [0.2, 0.25) is 0 Å². The first-order valence-electron chi connectivity index (χ1n) is 12.6. The molecule has 0 heterocycles. The van der Waals surface area contributed by atoms with Gasteiger partial charge in [0.2, 0.25) is 0 Å². The molecule has 7 rings (SSSR count). The topological polar surface area (TPSA) is 0 Å². The summed E-state index contributed by atoms with van der Waals surface area (Å²) in [5.74, 6) is 4.57. The normalized spacial score (nSPS) is 36.9. The number of rotatable bonds is 1. The van der Waals surface area contributed by atoms with Crippen molar-refractivity contribution < 1.29 is 0 Å². The first-order valence-corrected chi connectivity index (χ1v) is 12.6. The average molecular weight is 409 g/mol. The Morgan fingerprint density at radius 1 is 0.867 bits per heavy atom. The predicted octanol–water partition coefficient (Wildman–Crippen LogP) is 9.31. The van der Waals surface area contributed by atoms with Gasteiger partial charge >= 0.3 is 0 Å². The van der Waals surface area contributed by atoms with Gasteiger partial charge in [-0.05, 0) is 113 Å². The summed E-state index contributed by atoms with van der Waals surface area (Å²) in [5.41, 5.74) is 7.31. The zero-order valence-corrected chi connectivity index (χ0v) is 21.1. The van der Waals surface area contributed by atoms with Crippen LogP contribution in [0, 0.1) is 40.4 Å². The maximum Gasteiger partial charge on any atom is -0.0149 e. The fraction of sp³-hybridized carbons (Fsp3) is 0.733. The molecule has 0 nitrogen and oxygen atoms in total. The van der Waals surface area contributed by atoms with Crippen LogP contribution in [-0.4, -0.2) is 0 Å². The number of fused-ring (bicyclic) bond motifs is 3. The molecule has 7 aliphatic carbocycles. The zero-order valence-electron chi connectivity index (χ0n) is 21.1. The molecule has 7 aliphatic rings. The van der Waals surface area contributed by atoms with Crippen molar-refractivity contribution in [3.63, 3.8) is 0 Å². The molecule has 4 fully saturated rings. The fourth-order valence-electron chi connectivity index (χ4n) is 6.80. The first-order chi connectivity index (χ1) is 13.9. The summed E-state index contributed by atoms with van der Waals surface area (Å²) in [5, 5.41) is 0. The summed E-state index contributed by atoms with van der Waals surface area (Å²) in [6.07, 6.45) is 15.6. The van der Waals surface area contributed by atoms with Crippen molar-refractivity contribution in [3.8, 4) is 0 Å². The predicted molar refractivity (Wildman–Crippen MR) is 133 cm³/mol. The van der Waals surface area contributed by atoms with Crippen molar-refractivity contribution in [2.24, 2.45) is 40.4 Å².